The molecule has 0 aromatic heterocycles. The highest BCUT2D eigenvalue weighted by atomic mass is 16.5. The lowest BCUT2D eigenvalue weighted by Crippen LogP contribution is -2.11. The van der Waals surface area contributed by atoms with Crippen molar-refractivity contribution in [2.24, 2.45) is 0 Å². The maximum Gasteiger partial charge on any atom is 0.340 e. The van der Waals surface area contributed by atoms with E-state index in [-0.39, 0.29) is 5.97 Å². The molecule has 4 heteroatoms. The van der Waals surface area contributed by atoms with Gasteiger partial charge in [0.1, 0.15) is 0 Å². The van der Waals surface area contributed by atoms with Crippen molar-refractivity contribution < 1.29 is 9.53 Å². The van der Waals surface area contributed by atoms with Crippen molar-refractivity contribution >= 4 is 17.3 Å². The van der Waals surface area contributed by atoms with Crippen molar-refractivity contribution in [2.45, 2.75) is 18.4 Å². The Balaban J connectivity index is 1.76. The Hall–Kier alpha value is -2.49. The predicted octanol–water partition coefficient (Wildman–Crippen LogP) is 3.02. The molecule has 1 saturated carbocycles. The van der Waals surface area contributed by atoms with E-state index in [2.05, 4.69) is 17.4 Å². The molecule has 0 amide bonds. The lowest BCUT2D eigenvalue weighted by molar-refractivity contribution is 0.0602. The number of esters is 1. The summed E-state index contributed by atoms with van der Waals surface area (Å²) in [4.78, 5) is 11.8. The number of benzene rings is 2. The molecule has 0 saturated heterocycles. The number of hydrogen-bond acceptors (Lipinski definition) is 4. The van der Waals surface area contributed by atoms with Crippen LogP contribution in [0.2, 0.25) is 0 Å². The van der Waals surface area contributed by atoms with Crippen molar-refractivity contribution in [3.63, 3.8) is 0 Å². The summed E-state index contributed by atoms with van der Waals surface area (Å²) in [7, 11) is 1.37. The van der Waals surface area contributed by atoms with E-state index in [1.54, 1.807) is 12.1 Å². The van der Waals surface area contributed by atoms with Crippen LogP contribution >= 0.6 is 0 Å². The molecule has 2 aromatic rings. The monoisotopic (exact) mass is 282 g/mol. The Morgan fingerprint density at radius 3 is 2.71 bits per heavy atom. The minimum Gasteiger partial charge on any atom is -0.465 e. The van der Waals surface area contributed by atoms with Crippen molar-refractivity contribution in [3.8, 4) is 0 Å². The topological polar surface area (TPSA) is 64.3 Å². The maximum atomic E-state index is 11.8. The predicted molar refractivity (Wildman–Crippen MR) is 83.4 cm³/mol. The maximum absolute atomic E-state index is 11.8. The van der Waals surface area contributed by atoms with Crippen LogP contribution in [0.4, 0.5) is 11.4 Å². The molecule has 0 bridgehead atoms. The molecule has 0 aliphatic heterocycles. The summed E-state index contributed by atoms with van der Waals surface area (Å²) < 4.78 is 4.81. The summed E-state index contributed by atoms with van der Waals surface area (Å²) >= 11 is 0. The molecule has 4 nitrogen and oxygen atoms in total. The second-order valence-corrected chi connectivity index (χ2v) is 5.30. The smallest absolute Gasteiger partial charge is 0.340 e. The lowest BCUT2D eigenvalue weighted by Gasteiger charge is -2.11. The van der Waals surface area contributed by atoms with Crippen LogP contribution in [-0.2, 0) is 4.74 Å². The van der Waals surface area contributed by atoms with Gasteiger partial charge in [0.15, 0.2) is 0 Å². The number of nitrogen functional groups attached to an aromatic ring is 1. The normalized spacial score (nSPS) is 19.9. The molecular weight excluding hydrogens is 264 g/mol. The third-order valence-corrected chi connectivity index (χ3v) is 3.81. The zero-order chi connectivity index (χ0) is 14.8. The van der Waals surface area contributed by atoms with Crippen LogP contribution in [0.1, 0.15) is 28.3 Å². The number of carbonyl (C=O) groups excluding carboxylic acids is 1. The van der Waals surface area contributed by atoms with Gasteiger partial charge in [-0.15, -0.1) is 0 Å². The minimum atomic E-state index is -0.373. The van der Waals surface area contributed by atoms with Crippen LogP contribution in [0.25, 0.3) is 0 Å². The van der Waals surface area contributed by atoms with Crippen LogP contribution in [-0.4, -0.2) is 19.1 Å². The van der Waals surface area contributed by atoms with Crippen LogP contribution in [0.5, 0.6) is 0 Å². The van der Waals surface area contributed by atoms with Gasteiger partial charge >= 0.3 is 5.97 Å². The molecule has 0 radical (unpaired) electrons. The fourth-order valence-electron chi connectivity index (χ4n) is 2.59. The van der Waals surface area contributed by atoms with Gasteiger partial charge in [-0.1, -0.05) is 30.3 Å². The summed E-state index contributed by atoms with van der Waals surface area (Å²) in [6, 6.07) is 16.0. The van der Waals surface area contributed by atoms with Crippen molar-refractivity contribution in [1.29, 1.82) is 0 Å². The number of nitrogens with two attached hydrogens (primary N) is 1. The summed E-state index contributed by atoms with van der Waals surface area (Å²) in [5.41, 5.74) is 8.89. The summed E-state index contributed by atoms with van der Waals surface area (Å²) in [6.45, 7) is 0. The Labute approximate surface area is 123 Å². The van der Waals surface area contributed by atoms with Gasteiger partial charge in [0.05, 0.1) is 12.7 Å². The Kier molecular flexibility index (Phi) is 3.52. The lowest BCUT2D eigenvalue weighted by atomic mass is 10.1. The molecule has 2 aromatic carbocycles. The van der Waals surface area contributed by atoms with Crippen LogP contribution in [0, 0.1) is 0 Å². The second kappa shape index (κ2) is 5.48. The van der Waals surface area contributed by atoms with E-state index in [9.17, 15) is 4.79 Å². The zero-order valence-corrected chi connectivity index (χ0v) is 11.9. The van der Waals surface area contributed by atoms with E-state index in [1.165, 1.54) is 12.7 Å². The van der Waals surface area contributed by atoms with E-state index in [0.717, 1.165) is 12.1 Å². The van der Waals surface area contributed by atoms with E-state index in [1.807, 2.05) is 24.3 Å². The second-order valence-electron chi connectivity index (χ2n) is 5.30. The highest BCUT2D eigenvalue weighted by Crippen LogP contribution is 2.43. The Morgan fingerprint density at radius 2 is 2.00 bits per heavy atom. The van der Waals surface area contributed by atoms with Gasteiger partial charge in [0, 0.05) is 23.3 Å². The van der Waals surface area contributed by atoms with Gasteiger partial charge < -0.3 is 15.8 Å². The average Bonchev–Trinajstić information content (AvgIpc) is 3.28. The van der Waals surface area contributed by atoms with E-state index >= 15 is 0 Å². The fraction of sp³-hybridized carbons (Fsp3) is 0.235. The molecule has 2 unspecified atom stereocenters. The van der Waals surface area contributed by atoms with E-state index in [0.29, 0.717) is 23.2 Å². The molecule has 21 heavy (non-hydrogen) atoms. The van der Waals surface area contributed by atoms with Gasteiger partial charge in [-0.05, 0) is 30.2 Å². The molecule has 1 aliphatic rings. The first kappa shape index (κ1) is 13.5. The van der Waals surface area contributed by atoms with Gasteiger partial charge in [0.25, 0.3) is 0 Å². The first-order valence-corrected chi connectivity index (χ1v) is 6.98. The molecule has 3 N–H and O–H groups in total. The van der Waals surface area contributed by atoms with Gasteiger partial charge in [-0.3, -0.25) is 0 Å². The number of methoxy groups -OCH3 is 1. The fourth-order valence-corrected chi connectivity index (χ4v) is 2.59. The summed E-state index contributed by atoms with van der Waals surface area (Å²) in [6.07, 6.45) is 1.06. The van der Waals surface area contributed by atoms with Crippen molar-refractivity contribution in [3.05, 3.63) is 59.7 Å². The molecule has 1 fully saturated rings. The SMILES string of the molecule is COC(=O)c1cc(N)ccc1NC1CC1c1ccccc1. The van der Waals surface area contributed by atoms with E-state index < -0.39 is 0 Å². The Bertz CT molecular complexity index is 655. The van der Waals surface area contributed by atoms with Crippen molar-refractivity contribution in [1.82, 2.24) is 0 Å². The number of nitrogens with one attached hydrogen (secondary N) is 1. The molecular formula is C17H18N2O2. The largest absolute Gasteiger partial charge is 0.465 e. The number of hydrogen-bond donors (Lipinski definition) is 2. The third kappa shape index (κ3) is 2.84. The van der Waals surface area contributed by atoms with Gasteiger partial charge in [0.2, 0.25) is 0 Å². The molecule has 1 aliphatic carbocycles. The number of ether oxygens (including phenoxy) is 1. The van der Waals surface area contributed by atoms with Gasteiger partial charge in [-0.25, -0.2) is 4.79 Å². The number of carbonyl (C=O) groups is 1. The summed E-state index contributed by atoms with van der Waals surface area (Å²) in [5.74, 6) is 0.121. The first-order valence-electron chi connectivity index (χ1n) is 6.98. The average molecular weight is 282 g/mol. The molecule has 3 rings (SSSR count). The Morgan fingerprint density at radius 1 is 1.24 bits per heavy atom. The molecule has 108 valence electrons. The highest BCUT2D eigenvalue weighted by Gasteiger charge is 2.38. The van der Waals surface area contributed by atoms with Crippen LogP contribution < -0.4 is 11.1 Å². The first-order chi connectivity index (χ1) is 10.2. The van der Waals surface area contributed by atoms with Gasteiger partial charge in [-0.2, -0.15) is 0 Å². The summed E-state index contributed by atoms with van der Waals surface area (Å²) in [5, 5.41) is 3.42. The number of rotatable bonds is 4. The highest BCUT2D eigenvalue weighted by molar-refractivity contribution is 5.96. The van der Waals surface area contributed by atoms with E-state index in [4.69, 9.17) is 10.5 Å². The molecule has 0 spiro atoms. The van der Waals surface area contributed by atoms with Crippen LogP contribution in [0.3, 0.4) is 0 Å². The third-order valence-electron chi connectivity index (χ3n) is 3.81. The molecule has 0 heterocycles. The zero-order valence-electron chi connectivity index (χ0n) is 11.9. The quantitative estimate of drug-likeness (QED) is 0.668. The molecule has 2 atom stereocenters. The van der Waals surface area contributed by atoms with Crippen molar-refractivity contribution in [2.75, 3.05) is 18.2 Å². The minimum absolute atomic E-state index is 0.347. The standard InChI is InChI=1S/C17H18N2O2/c1-21-17(20)14-9-12(18)7-8-15(14)19-16-10-13(16)11-5-3-2-4-6-11/h2-9,13,16,19H,10,18H2,1H3. The van der Waals surface area contributed by atoms with Crippen LogP contribution in [0.15, 0.2) is 48.5 Å². The number of anilines is 2.